The number of hydrogen-bond acceptors (Lipinski definition) is 6. The smallest absolute Gasteiger partial charge is 0.232 e. The molecular formula is C28H38O6. The second-order valence-corrected chi connectivity index (χ2v) is 9.99. The maximum atomic E-state index is 12.4. The highest BCUT2D eigenvalue weighted by atomic mass is 16.3. The van der Waals surface area contributed by atoms with Crippen molar-refractivity contribution in [3.63, 3.8) is 0 Å². The number of carbonyl (C=O) groups is 2. The van der Waals surface area contributed by atoms with Crippen LogP contribution in [0, 0.1) is 11.8 Å². The highest BCUT2D eigenvalue weighted by Gasteiger charge is 2.36. The molecule has 0 aliphatic rings. The molecule has 0 amide bonds. The summed E-state index contributed by atoms with van der Waals surface area (Å²) in [5.74, 6) is -1.62. The number of aliphatic hydroxyl groups excluding tert-OH is 4. The zero-order valence-electron chi connectivity index (χ0n) is 20.5. The molecule has 34 heavy (non-hydrogen) atoms. The molecule has 0 radical (unpaired) electrons. The van der Waals surface area contributed by atoms with Crippen molar-refractivity contribution >= 4 is 11.6 Å². The first-order valence-corrected chi connectivity index (χ1v) is 11.9. The maximum Gasteiger partial charge on any atom is 0.232 e. The molecular weight excluding hydrogens is 432 g/mol. The average molecular weight is 471 g/mol. The quantitative estimate of drug-likeness (QED) is 0.334. The van der Waals surface area contributed by atoms with Gasteiger partial charge in [0.25, 0.3) is 0 Å². The van der Waals surface area contributed by atoms with Crippen molar-refractivity contribution in [2.24, 2.45) is 11.8 Å². The van der Waals surface area contributed by atoms with E-state index in [-0.39, 0.29) is 12.8 Å². The summed E-state index contributed by atoms with van der Waals surface area (Å²) in [6, 6.07) is 15.0. The van der Waals surface area contributed by atoms with Gasteiger partial charge in [0, 0.05) is 12.8 Å². The van der Waals surface area contributed by atoms with Gasteiger partial charge in [-0.3, -0.25) is 9.59 Å². The molecule has 0 bridgehead atoms. The van der Waals surface area contributed by atoms with Crippen molar-refractivity contribution in [1.29, 1.82) is 0 Å². The Morgan fingerprint density at radius 1 is 0.529 bits per heavy atom. The minimum atomic E-state index is -1.99. The number of carbonyl (C=O) groups excluding carboxylic acids is 2. The molecule has 0 spiro atoms. The van der Waals surface area contributed by atoms with Gasteiger partial charge in [-0.25, -0.2) is 0 Å². The molecule has 0 heterocycles. The number of benzene rings is 2. The van der Waals surface area contributed by atoms with Crippen LogP contribution in [0.2, 0.25) is 0 Å². The van der Waals surface area contributed by atoms with E-state index in [1.807, 2.05) is 48.5 Å². The summed E-state index contributed by atoms with van der Waals surface area (Å²) < 4.78 is 0. The lowest BCUT2D eigenvalue weighted by molar-refractivity contribution is -0.152. The third-order valence-corrected chi connectivity index (χ3v) is 5.73. The average Bonchev–Trinajstić information content (AvgIpc) is 2.78. The molecule has 0 saturated heterocycles. The Morgan fingerprint density at radius 3 is 1.00 bits per heavy atom. The van der Waals surface area contributed by atoms with Crippen LogP contribution in [0.25, 0.3) is 0 Å². The first-order chi connectivity index (χ1) is 16.0. The van der Waals surface area contributed by atoms with Gasteiger partial charge in [-0.2, -0.15) is 0 Å². The van der Waals surface area contributed by atoms with Gasteiger partial charge in [0.15, 0.2) is 0 Å². The SMILES string of the molecule is CC(C)Cc1ccc(CC(O)[C@H](O)C(=O)C(=O)[C@H](O)C(O)Cc2ccc(CC(C)C)cc2)cc1. The van der Waals surface area contributed by atoms with E-state index < -0.39 is 36.0 Å². The number of ketones is 2. The van der Waals surface area contributed by atoms with Crippen molar-refractivity contribution in [2.45, 2.75) is 77.8 Å². The Balaban J connectivity index is 1.92. The van der Waals surface area contributed by atoms with Crippen LogP contribution >= 0.6 is 0 Å². The fourth-order valence-electron chi connectivity index (χ4n) is 3.91. The Labute approximate surface area is 202 Å². The van der Waals surface area contributed by atoms with Crippen LogP contribution in [0.1, 0.15) is 49.9 Å². The van der Waals surface area contributed by atoms with E-state index in [1.54, 1.807) is 0 Å². The van der Waals surface area contributed by atoms with Gasteiger partial charge >= 0.3 is 0 Å². The summed E-state index contributed by atoms with van der Waals surface area (Å²) in [5.41, 5.74) is 3.71. The predicted molar refractivity (Wildman–Crippen MR) is 131 cm³/mol. The largest absolute Gasteiger partial charge is 0.390 e. The molecule has 6 nitrogen and oxygen atoms in total. The summed E-state index contributed by atoms with van der Waals surface area (Å²) in [5, 5.41) is 41.0. The van der Waals surface area contributed by atoms with Crippen molar-refractivity contribution in [2.75, 3.05) is 0 Å². The molecule has 6 heteroatoms. The highest BCUT2D eigenvalue weighted by Crippen LogP contribution is 2.15. The van der Waals surface area contributed by atoms with Gasteiger partial charge in [-0.05, 0) is 46.9 Å². The van der Waals surface area contributed by atoms with E-state index in [0.717, 1.165) is 24.0 Å². The van der Waals surface area contributed by atoms with Crippen molar-refractivity contribution in [3.05, 3.63) is 70.8 Å². The van der Waals surface area contributed by atoms with Crippen LogP contribution in [-0.2, 0) is 35.3 Å². The Kier molecular flexibility index (Phi) is 10.6. The first-order valence-electron chi connectivity index (χ1n) is 11.9. The standard InChI is InChI=1S/C28H38O6/c1-17(2)13-19-5-9-21(10-6-19)15-23(29)25(31)27(33)28(34)26(32)24(30)16-22-11-7-20(8-12-22)14-18(3)4/h5-12,17-18,23-26,29-32H,13-16H2,1-4H3/t23?,24?,25-,26+. The molecule has 2 unspecified atom stereocenters. The van der Waals surface area contributed by atoms with Crippen molar-refractivity contribution < 1.29 is 30.0 Å². The number of hydrogen-bond donors (Lipinski definition) is 4. The lowest BCUT2D eigenvalue weighted by atomic mass is 9.93. The molecule has 0 aromatic heterocycles. The van der Waals surface area contributed by atoms with E-state index in [0.29, 0.717) is 23.0 Å². The van der Waals surface area contributed by atoms with Gasteiger partial charge in [0.1, 0.15) is 12.2 Å². The van der Waals surface area contributed by atoms with Crippen LogP contribution in [0.3, 0.4) is 0 Å². The maximum absolute atomic E-state index is 12.4. The van der Waals surface area contributed by atoms with E-state index in [9.17, 15) is 30.0 Å². The molecule has 0 saturated carbocycles. The minimum absolute atomic E-state index is 0.0243. The monoisotopic (exact) mass is 470 g/mol. The van der Waals surface area contributed by atoms with Crippen molar-refractivity contribution in [1.82, 2.24) is 0 Å². The third-order valence-electron chi connectivity index (χ3n) is 5.73. The van der Waals surface area contributed by atoms with E-state index in [2.05, 4.69) is 27.7 Å². The Morgan fingerprint density at radius 2 is 0.765 bits per heavy atom. The van der Waals surface area contributed by atoms with Gasteiger partial charge in [-0.1, -0.05) is 76.2 Å². The predicted octanol–water partition coefficient (Wildman–Crippen LogP) is 2.45. The van der Waals surface area contributed by atoms with E-state index in [4.69, 9.17) is 0 Å². The van der Waals surface area contributed by atoms with Crippen LogP contribution in [0.4, 0.5) is 0 Å². The second kappa shape index (κ2) is 12.9. The van der Waals surface area contributed by atoms with Crippen LogP contribution in [0.15, 0.2) is 48.5 Å². The fourth-order valence-corrected chi connectivity index (χ4v) is 3.91. The first kappa shape index (κ1) is 27.9. The molecule has 0 fully saturated rings. The van der Waals surface area contributed by atoms with Crippen LogP contribution < -0.4 is 0 Å². The zero-order valence-corrected chi connectivity index (χ0v) is 20.5. The van der Waals surface area contributed by atoms with Crippen molar-refractivity contribution in [3.8, 4) is 0 Å². The number of Topliss-reactive ketones (excluding diaryl/α,β-unsaturated/α-hetero) is 2. The normalized spacial score (nSPS) is 15.2. The lowest BCUT2D eigenvalue weighted by Crippen LogP contribution is -2.47. The summed E-state index contributed by atoms with van der Waals surface area (Å²) in [7, 11) is 0. The van der Waals surface area contributed by atoms with Gasteiger partial charge in [0.05, 0.1) is 12.2 Å². The van der Waals surface area contributed by atoms with E-state index >= 15 is 0 Å². The number of rotatable bonds is 13. The molecule has 0 aliphatic heterocycles. The Bertz CT molecular complexity index is 839. The molecule has 2 rings (SSSR count). The zero-order chi connectivity index (χ0) is 25.4. The molecule has 2 aromatic carbocycles. The van der Waals surface area contributed by atoms with E-state index in [1.165, 1.54) is 0 Å². The highest BCUT2D eigenvalue weighted by molar-refractivity contribution is 6.40. The second-order valence-electron chi connectivity index (χ2n) is 9.99. The van der Waals surface area contributed by atoms with Crippen LogP contribution in [0.5, 0.6) is 0 Å². The topological polar surface area (TPSA) is 115 Å². The van der Waals surface area contributed by atoms with Gasteiger partial charge in [0.2, 0.25) is 11.6 Å². The molecule has 4 N–H and O–H groups in total. The summed E-state index contributed by atoms with van der Waals surface area (Å²) in [4.78, 5) is 24.7. The third kappa shape index (κ3) is 8.44. The minimum Gasteiger partial charge on any atom is -0.390 e. The molecule has 2 aromatic rings. The summed E-state index contributed by atoms with van der Waals surface area (Å²) in [6.45, 7) is 8.47. The number of aliphatic hydroxyl groups is 4. The van der Waals surface area contributed by atoms with Gasteiger partial charge < -0.3 is 20.4 Å². The van der Waals surface area contributed by atoms with Crippen LogP contribution in [-0.4, -0.2) is 56.4 Å². The van der Waals surface area contributed by atoms with Gasteiger partial charge in [-0.15, -0.1) is 0 Å². The fraction of sp³-hybridized carbons (Fsp3) is 0.500. The Hall–Kier alpha value is -2.38. The summed E-state index contributed by atoms with van der Waals surface area (Å²) >= 11 is 0. The lowest BCUT2D eigenvalue weighted by Gasteiger charge is -2.20. The molecule has 0 aliphatic carbocycles. The molecule has 186 valence electrons. The molecule has 4 atom stereocenters. The summed E-state index contributed by atoms with van der Waals surface area (Å²) in [6.07, 6.45) is -5.20.